The summed E-state index contributed by atoms with van der Waals surface area (Å²) in [6.07, 6.45) is 5.14. The number of para-hydroxylation sites is 1. The molecule has 196 valence electrons. The highest BCUT2D eigenvalue weighted by Gasteiger charge is 2.32. The zero-order valence-electron chi connectivity index (χ0n) is 21.4. The number of nitrogens with zero attached hydrogens (tertiary/aromatic N) is 2. The van der Waals surface area contributed by atoms with E-state index in [0.717, 1.165) is 51.8 Å². The number of rotatable bonds is 10. The molecule has 7 nitrogen and oxygen atoms in total. The highest BCUT2D eigenvalue weighted by Crippen LogP contribution is 2.29. The van der Waals surface area contributed by atoms with Gasteiger partial charge in [-0.1, -0.05) is 73.0 Å². The van der Waals surface area contributed by atoms with Crippen LogP contribution in [0.1, 0.15) is 63.5 Å². The number of anilines is 1. The molecular formula is C27H36BrN3O4S. The van der Waals surface area contributed by atoms with Crippen molar-refractivity contribution < 1.29 is 18.0 Å². The van der Waals surface area contributed by atoms with Gasteiger partial charge in [0.15, 0.2) is 0 Å². The predicted molar refractivity (Wildman–Crippen MR) is 147 cm³/mol. The molecule has 1 fully saturated rings. The Morgan fingerprint density at radius 3 is 2.33 bits per heavy atom. The number of hydrogen-bond acceptors (Lipinski definition) is 4. The molecule has 3 rings (SSSR count). The first kappa shape index (κ1) is 28.2. The minimum atomic E-state index is -3.77. The fourth-order valence-corrected chi connectivity index (χ4v) is 5.92. The van der Waals surface area contributed by atoms with E-state index in [0.29, 0.717) is 5.69 Å². The van der Waals surface area contributed by atoms with Crippen LogP contribution in [0.15, 0.2) is 53.0 Å². The quantitative estimate of drug-likeness (QED) is 0.438. The highest BCUT2D eigenvalue weighted by atomic mass is 79.9. The van der Waals surface area contributed by atoms with Crippen LogP contribution in [0.2, 0.25) is 0 Å². The summed E-state index contributed by atoms with van der Waals surface area (Å²) in [5.41, 5.74) is 2.15. The van der Waals surface area contributed by atoms with Crippen LogP contribution in [-0.2, 0) is 26.2 Å². The van der Waals surface area contributed by atoms with Crippen molar-refractivity contribution in [2.75, 3.05) is 17.1 Å². The van der Waals surface area contributed by atoms with Gasteiger partial charge in [0.05, 0.1) is 11.9 Å². The number of nitrogens with one attached hydrogen (secondary N) is 1. The summed E-state index contributed by atoms with van der Waals surface area (Å²) >= 11 is 3.46. The van der Waals surface area contributed by atoms with Crippen molar-refractivity contribution in [3.8, 4) is 0 Å². The normalized spacial score (nSPS) is 15.1. The molecule has 9 heteroatoms. The molecule has 0 radical (unpaired) electrons. The summed E-state index contributed by atoms with van der Waals surface area (Å²) < 4.78 is 27.8. The van der Waals surface area contributed by atoms with Gasteiger partial charge in [-0.3, -0.25) is 13.9 Å². The van der Waals surface area contributed by atoms with Gasteiger partial charge >= 0.3 is 0 Å². The Morgan fingerprint density at radius 2 is 1.72 bits per heavy atom. The molecule has 1 aliphatic rings. The summed E-state index contributed by atoms with van der Waals surface area (Å²) in [7, 11) is -3.77. The summed E-state index contributed by atoms with van der Waals surface area (Å²) in [5.74, 6) is -0.596. The first-order chi connectivity index (χ1) is 17.0. The van der Waals surface area contributed by atoms with E-state index in [2.05, 4.69) is 21.2 Å². The zero-order chi connectivity index (χ0) is 26.5. The van der Waals surface area contributed by atoms with E-state index in [1.165, 1.54) is 4.90 Å². The minimum Gasteiger partial charge on any atom is -0.352 e. The van der Waals surface area contributed by atoms with Crippen molar-refractivity contribution in [2.45, 2.75) is 71.0 Å². The fraction of sp³-hybridized carbons (Fsp3) is 0.481. The average molecular weight is 579 g/mol. The SMILES string of the molecule is CC(C)c1ccccc1N(CC(=O)N(Cc1cccc(Br)c1)C(C)C(=O)NC1CCCC1)S(C)(=O)=O. The maximum atomic E-state index is 13.8. The van der Waals surface area contributed by atoms with Crippen LogP contribution in [0.25, 0.3) is 0 Å². The molecule has 0 bridgehead atoms. The monoisotopic (exact) mass is 577 g/mol. The van der Waals surface area contributed by atoms with Crippen molar-refractivity contribution >= 4 is 43.5 Å². The molecule has 2 amide bonds. The Kier molecular flexibility index (Phi) is 9.58. The van der Waals surface area contributed by atoms with Crippen molar-refractivity contribution in [2.24, 2.45) is 0 Å². The second kappa shape index (κ2) is 12.2. The Hall–Kier alpha value is -2.39. The second-order valence-electron chi connectivity index (χ2n) is 9.80. The van der Waals surface area contributed by atoms with E-state index in [-0.39, 0.29) is 24.4 Å². The Bertz CT molecular complexity index is 1180. The van der Waals surface area contributed by atoms with Gasteiger partial charge in [0, 0.05) is 17.1 Å². The number of amides is 2. The summed E-state index contributed by atoms with van der Waals surface area (Å²) in [4.78, 5) is 28.4. The summed E-state index contributed by atoms with van der Waals surface area (Å²) in [6.45, 7) is 5.46. The van der Waals surface area contributed by atoms with Gasteiger partial charge in [-0.05, 0) is 55.0 Å². The average Bonchev–Trinajstić information content (AvgIpc) is 3.32. The summed E-state index contributed by atoms with van der Waals surface area (Å²) in [5, 5.41) is 3.08. The summed E-state index contributed by atoms with van der Waals surface area (Å²) in [6, 6.07) is 14.1. The molecule has 0 saturated heterocycles. The van der Waals surface area contributed by atoms with Crippen LogP contribution < -0.4 is 9.62 Å². The van der Waals surface area contributed by atoms with Gasteiger partial charge in [-0.25, -0.2) is 8.42 Å². The van der Waals surface area contributed by atoms with E-state index < -0.39 is 28.5 Å². The highest BCUT2D eigenvalue weighted by molar-refractivity contribution is 9.10. The van der Waals surface area contributed by atoms with Gasteiger partial charge in [0.25, 0.3) is 0 Å². The number of carbonyl (C=O) groups is 2. The van der Waals surface area contributed by atoms with Gasteiger partial charge in [-0.15, -0.1) is 0 Å². The van der Waals surface area contributed by atoms with Gasteiger partial charge < -0.3 is 10.2 Å². The first-order valence-corrected chi connectivity index (χ1v) is 15.0. The van der Waals surface area contributed by atoms with Gasteiger partial charge in [0.2, 0.25) is 21.8 Å². The van der Waals surface area contributed by atoms with E-state index in [4.69, 9.17) is 0 Å². The van der Waals surface area contributed by atoms with Crippen LogP contribution in [-0.4, -0.2) is 50.0 Å². The lowest BCUT2D eigenvalue weighted by molar-refractivity contribution is -0.139. The number of halogens is 1. The van der Waals surface area contributed by atoms with Crippen LogP contribution >= 0.6 is 15.9 Å². The maximum absolute atomic E-state index is 13.8. The van der Waals surface area contributed by atoms with Crippen molar-refractivity contribution in [1.82, 2.24) is 10.2 Å². The number of sulfonamides is 1. The number of benzene rings is 2. The molecular weight excluding hydrogens is 542 g/mol. The molecule has 0 aromatic heterocycles. The smallest absolute Gasteiger partial charge is 0.244 e. The molecule has 1 N–H and O–H groups in total. The molecule has 1 aliphatic carbocycles. The largest absolute Gasteiger partial charge is 0.352 e. The molecule has 0 heterocycles. The third kappa shape index (κ3) is 7.32. The standard InChI is InChI=1S/C27H36BrN3O4S/c1-19(2)24-14-7-8-15-25(24)31(36(4,34)35)18-26(32)30(17-21-10-9-11-22(28)16-21)20(3)27(33)29-23-12-5-6-13-23/h7-11,14-16,19-20,23H,5-6,12-13,17-18H2,1-4H3,(H,29,33). The minimum absolute atomic E-state index is 0.0643. The first-order valence-electron chi connectivity index (χ1n) is 12.4. The van der Waals surface area contributed by atoms with Crippen LogP contribution in [0.5, 0.6) is 0 Å². The molecule has 0 aliphatic heterocycles. The van der Waals surface area contributed by atoms with Crippen molar-refractivity contribution in [3.63, 3.8) is 0 Å². The van der Waals surface area contributed by atoms with E-state index in [1.54, 1.807) is 19.1 Å². The van der Waals surface area contributed by atoms with Crippen molar-refractivity contribution in [3.05, 3.63) is 64.1 Å². The molecule has 36 heavy (non-hydrogen) atoms. The van der Waals surface area contributed by atoms with Crippen LogP contribution in [0.4, 0.5) is 5.69 Å². The van der Waals surface area contributed by atoms with Crippen LogP contribution in [0, 0.1) is 0 Å². The molecule has 1 saturated carbocycles. The van der Waals surface area contributed by atoms with Gasteiger partial charge in [0.1, 0.15) is 12.6 Å². The fourth-order valence-electron chi connectivity index (χ4n) is 4.60. The molecule has 2 aromatic carbocycles. The van der Waals surface area contributed by atoms with Gasteiger partial charge in [-0.2, -0.15) is 0 Å². The lowest BCUT2D eigenvalue weighted by Gasteiger charge is -2.33. The Labute approximate surface area is 223 Å². The van der Waals surface area contributed by atoms with E-state index in [1.807, 2.05) is 50.2 Å². The Morgan fingerprint density at radius 1 is 1.06 bits per heavy atom. The zero-order valence-corrected chi connectivity index (χ0v) is 23.8. The Balaban J connectivity index is 1.93. The molecule has 1 atom stereocenters. The lowest BCUT2D eigenvalue weighted by atomic mass is 10.0. The van der Waals surface area contributed by atoms with Crippen molar-refractivity contribution in [1.29, 1.82) is 0 Å². The van der Waals surface area contributed by atoms with E-state index in [9.17, 15) is 18.0 Å². The molecule has 2 aromatic rings. The maximum Gasteiger partial charge on any atom is 0.244 e. The number of carbonyl (C=O) groups excluding carboxylic acids is 2. The lowest BCUT2D eigenvalue weighted by Crippen LogP contribution is -2.52. The molecule has 1 unspecified atom stereocenters. The number of hydrogen-bond donors (Lipinski definition) is 1. The molecule has 0 spiro atoms. The van der Waals surface area contributed by atoms with Crippen LogP contribution in [0.3, 0.4) is 0 Å². The second-order valence-corrected chi connectivity index (χ2v) is 12.6. The predicted octanol–water partition coefficient (Wildman–Crippen LogP) is 4.81. The third-order valence-electron chi connectivity index (χ3n) is 6.62. The third-order valence-corrected chi connectivity index (χ3v) is 8.24. The topological polar surface area (TPSA) is 86.8 Å². The van der Waals surface area contributed by atoms with E-state index >= 15 is 0 Å².